The van der Waals surface area contributed by atoms with Crippen molar-refractivity contribution in [3.05, 3.63) is 74.2 Å². The number of anilines is 2. The normalized spacial score (nSPS) is 22.4. The zero-order valence-electron chi connectivity index (χ0n) is 17.3. The Bertz CT molecular complexity index is 1230. The summed E-state index contributed by atoms with van der Waals surface area (Å²) >= 11 is 2.43. The second-order valence-corrected chi connectivity index (χ2v) is 10.2. The molecule has 0 saturated carbocycles. The summed E-state index contributed by atoms with van der Waals surface area (Å²) in [5, 5.41) is 0.134. The summed E-state index contributed by atoms with van der Waals surface area (Å²) in [6.45, 7) is 1.97. The van der Waals surface area contributed by atoms with E-state index in [4.69, 9.17) is 0 Å². The third-order valence-electron chi connectivity index (χ3n) is 5.88. The molecule has 2 aromatic carbocycles. The van der Waals surface area contributed by atoms with Crippen LogP contribution in [0.1, 0.15) is 21.9 Å². The molecular weight excluding hydrogens is 430 g/mol. The highest BCUT2D eigenvalue weighted by atomic mass is 32.2. The van der Waals surface area contributed by atoms with E-state index in [0.717, 1.165) is 33.0 Å². The highest BCUT2D eigenvalue weighted by Crippen LogP contribution is 2.53. The predicted octanol–water partition coefficient (Wildman–Crippen LogP) is 3.61. The van der Waals surface area contributed by atoms with Crippen LogP contribution in [0.4, 0.5) is 11.4 Å². The van der Waals surface area contributed by atoms with Gasteiger partial charge in [0.15, 0.2) is 0 Å². The number of nitrogens with one attached hydrogen (secondary N) is 1. The summed E-state index contributed by atoms with van der Waals surface area (Å²) < 4.78 is 0. The molecule has 1 saturated heterocycles. The summed E-state index contributed by atoms with van der Waals surface area (Å²) in [6.07, 6.45) is 0. The molecule has 1 N–H and O–H groups in total. The van der Waals surface area contributed by atoms with Gasteiger partial charge < -0.3 is 9.88 Å². The number of thioether (sulfide) groups is 1. The molecular formula is C23H21N3O3S2. The first-order valence-electron chi connectivity index (χ1n) is 9.96. The summed E-state index contributed by atoms with van der Waals surface area (Å²) in [6, 6.07) is 15.4. The number of aromatic nitrogens is 1. The summed E-state index contributed by atoms with van der Waals surface area (Å²) in [4.78, 5) is 46.0. The van der Waals surface area contributed by atoms with Gasteiger partial charge >= 0.3 is 4.87 Å². The zero-order chi connectivity index (χ0) is 21.9. The number of aryl methyl sites for hydroxylation is 1. The third-order valence-corrected chi connectivity index (χ3v) is 8.29. The highest BCUT2D eigenvalue weighted by molar-refractivity contribution is 8.00. The second kappa shape index (κ2) is 7.39. The largest absolute Gasteiger partial charge is 0.378 e. The summed E-state index contributed by atoms with van der Waals surface area (Å²) in [7, 11) is 3.94. The second-order valence-electron chi connectivity index (χ2n) is 8.08. The van der Waals surface area contributed by atoms with Crippen LogP contribution < -0.4 is 14.7 Å². The molecule has 3 atom stereocenters. The standard InChI is InChI=1S/C23H21N3O3S2/c1-12-4-8-15(9-5-12)26-21(27)17-16(13-6-10-14(11-7-13)25(2)3)18-20(24-23(29)31-18)30-19(17)22(26)28/h4-11,16-17,19H,1-3H3,(H,24,29)/t16-,17?,19?/m1/s1. The number of imide groups is 1. The molecule has 5 rings (SSSR count). The first-order chi connectivity index (χ1) is 14.8. The molecule has 0 spiro atoms. The smallest absolute Gasteiger partial charge is 0.305 e. The van der Waals surface area contributed by atoms with Crippen LogP contribution in [-0.2, 0) is 9.59 Å². The Hall–Kier alpha value is -2.84. The van der Waals surface area contributed by atoms with E-state index in [-0.39, 0.29) is 22.6 Å². The molecule has 0 aliphatic carbocycles. The Morgan fingerprint density at radius 3 is 2.26 bits per heavy atom. The first-order valence-corrected chi connectivity index (χ1v) is 11.7. The molecule has 1 fully saturated rings. The van der Waals surface area contributed by atoms with Gasteiger partial charge in [-0.2, -0.15) is 0 Å². The monoisotopic (exact) mass is 451 g/mol. The number of hydrogen-bond acceptors (Lipinski definition) is 6. The summed E-state index contributed by atoms with van der Waals surface area (Å²) in [5.74, 6) is -1.33. The van der Waals surface area contributed by atoms with Crippen LogP contribution in [0.3, 0.4) is 0 Å². The van der Waals surface area contributed by atoms with Crippen molar-refractivity contribution < 1.29 is 9.59 Å². The number of nitrogens with zero attached hydrogens (tertiary/aromatic N) is 2. The number of aromatic amines is 1. The number of amides is 2. The van der Waals surface area contributed by atoms with Gasteiger partial charge in [0.2, 0.25) is 11.8 Å². The fourth-order valence-corrected chi connectivity index (χ4v) is 6.82. The molecule has 0 radical (unpaired) electrons. The molecule has 1 aromatic heterocycles. The number of fused-ring (bicyclic) bond motifs is 2. The Kier molecular flexibility index (Phi) is 4.79. The van der Waals surface area contributed by atoms with Crippen molar-refractivity contribution >= 4 is 46.3 Å². The van der Waals surface area contributed by atoms with Crippen LogP contribution in [0.15, 0.2) is 58.4 Å². The SMILES string of the molecule is Cc1ccc(N2C(=O)C3Sc4[nH]c(=O)sc4[C@H](c4ccc(N(C)C)cc4)C3C2=O)cc1. The van der Waals surface area contributed by atoms with Crippen molar-refractivity contribution in [3.63, 3.8) is 0 Å². The van der Waals surface area contributed by atoms with Crippen LogP contribution >= 0.6 is 23.1 Å². The predicted molar refractivity (Wildman–Crippen MR) is 124 cm³/mol. The van der Waals surface area contributed by atoms with Crippen LogP contribution in [0.25, 0.3) is 0 Å². The van der Waals surface area contributed by atoms with E-state index in [2.05, 4.69) is 4.98 Å². The highest BCUT2D eigenvalue weighted by Gasteiger charge is 2.56. The molecule has 2 aliphatic rings. The number of thiazole rings is 1. The van der Waals surface area contributed by atoms with Gasteiger partial charge in [-0.25, -0.2) is 4.90 Å². The third kappa shape index (κ3) is 3.21. The maximum atomic E-state index is 13.6. The lowest BCUT2D eigenvalue weighted by Crippen LogP contribution is -2.32. The van der Waals surface area contributed by atoms with Gasteiger partial charge in [-0.15, -0.1) is 0 Å². The van der Waals surface area contributed by atoms with Crippen molar-refractivity contribution in [1.29, 1.82) is 0 Å². The quantitative estimate of drug-likeness (QED) is 0.616. The number of H-pyrrole nitrogens is 1. The van der Waals surface area contributed by atoms with Crippen molar-refractivity contribution in [2.24, 2.45) is 5.92 Å². The number of carbonyl (C=O) groups excluding carboxylic acids is 2. The number of rotatable bonds is 3. The van der Waals surface area contributed by atoms with Crippen molar-refractivity contribution in [1.82, 2.24) is 4.98 Å². The van der Waals surface area contributed by atoms with Crippen LogP contribution in [0.2, 0.25) is 0 Å². The van der Waals surface area contributed by atoms with E-state index in [9.17, 15) is 14.4 Å². The minimum absolute atomic E-state index is 0.164. The fourth-order valence-electron chi connectivity index (χ4n) is 4.30. The average Bonchev–Trinajstić information content (AvgIpc) is 3.24. The molecule has 2 aliphatic heterocycles. The first kappa shape index (κ1) is 20.1. The van der Waals surface area contributed by atoms with Crippen molar-refractivity contribution in [2.75, 3.05) is 23.9 Å². The maximum Gasteiger partial charge on any atom is 0.305 e. The van der Waals surface area contributed by atoms with Gasteiger partial charge in [0.1, 0.15) is 5.25 Å². The Morgan fingerprint density at radius 2 is 1.61 bits per heavy atom. The van der Waals surface area contributed by atoms with Crippen LogP contribution in [0.5, 0.6) is 0 Å². The average molecular weight is 452 g/mol. The van der Waals surface area contributed by atoms with Gasteiger partial charge in [-0.1, -0.05) is 52.9 Å². The lowest BCUT2D eigenvalue weighted by molar-refractivity contribution is -0.122. The molecule has 3 heterocycles. The van der Waals surface area contributed by atoms with Gasteiger partial charge in [-0.3, -0.25) is 14.4 Å². The number of carbonyl (C=O) groups is 2. The van der Waals surface area contributed by atoms with Crippen LogP contribution in [0, 0.1) is 12.8 Å². The summed E-state index contributed by atoms with van der Waals surface area (Å²) in [5.41, 5.74) is 3.63. The van der Waals surface area contributed by atoms with E-state index in [1.165, 1.54) is 16.7 Å². The van der Waals surface area contributed by atoms with E-state index in [1.54, 1.807) is 0 Å². The molecule has 31 heavy (non-hydrogen) atoms. The van der Waals surface area contributed by atoms with E-state index < -0.39 is 11.2 Å². The van der Waals surface area contributed by atoms with Crippen LogP contribution in [-0.4, -0.2) is 36.1 Å². The minimum Gasteiger partial charge on any atom is -0.378 e. The van der Waals surface area contributed by atoms with Crippen molar-refractivity contribution in [2.45, 2.75) is 23.1 Å². The minimum atomic E-state index is -0.565. The van der Waals surface area contributed by atoms with Gasteiger partial charge in [0, 0.05) is 30.6 Å². The molecule has 158 valence electrons. The molecule has 3 aromatic rings. The number of hydrogen-bond donors (Lipinski definition) is 1. The zero-order valence-corrected chi connectivity index (χ0v) is 18.9. The molecule has 6 nitrogen and oxygen atoms in total. The topological polar surface area (TPSA) is 73.5 Å². The van der Waals surface area contributed by atoms with Crippen molar-refractivity contribution in [3.8, 4) is 0 Å². The van der Waals surface area contributed by atoms with Gasteiger partial charge in [0.25, 0.3) is 0 Å². The maximum absolute atomic E-state index is 13.6. The molecule has 2 amide bonds. The lowest BCUT2D eigenvalue weighted by Gasteiger charge is -2.30. The Labute approximate surface area is 187 Å². The van der Waals surface area contributed by atoms with Gasteiger partial charge in [-0.05, 0) is 36.8 Å². The molecule has 2 unspecified atom stereocenters. The van der Waals surface area contributed by atoms with E-state index in [0.29, 0.717) is 10.7 Å². The lowest BCUT2D eigenvalue weighted by atomic mass is 9.83. The molecule has 8 heteroatoms. The number of benzene rings is 2. The fraction of sp³-hybridized carbons (Fsp3) is 0.261. The Balaban J connectivity index is 1.62. The van der Waals surface area contributed by atoms with E-state index >= 15 is 0 Å². The Morgan fingerprint density at radius 1 is 0.935 bits per heavy atom. The van der Waals surface area contributed by atoms with Gasteiger partial charge in [0.05, 0.1) is 16.6 Å². The van der Waals surface area contributed by atoms with E-state index in [1.807, 2.05) is 74.4 Å². The molecule has 0 bridgehead atoms.